The van der Waals surface area contributed by atoms with Crippen molar-refractivity contribution < 1.29 is 4.74 Å². The summed E-state index contributed by atoms with van der Waals surface area (Å²) in [5.74, 6) is 1.10. The number of imidazole rings is 1. The van der Waals surface area contributed by atoms with Gasteiger partial charge < -0.3 is 14.6 Å². The minimum Gasteiger partial charge on any atom is -0.378 e. The molecule has 1 aliphatic rings. The van der Waals surface area contributed by atoms with E-state index in [2.05, 4.69) is 21.8 Å². The van der Waals surface area contributed by atoms with Crippen molar-refractivity contribution in [2.45, 2.75) is 45.4 Å². The molecule has 1 unspecified atom stereocenters. The van der Waals surface area contributed by atoms with Gasteiger partial charge in [0.2, 0.25) is 0 Å². The molecule has 1 aromatic rings. The average molecular weight is 223 g/mol. The SMILES string of the molecule is CNCc1cnc(C)n1CCC1CCCO1. The molecule has 0 spiro atoms. The lowest BCUT2D eigenvalue weighted by Gasteiger charge is -2.13. The van der Waals surface area contributed by atoms with Gasteiger partial charge in [-0.25, -0.2) is 4.98 Å². The number of nitrogens with one attached hydrogen (secondary N) is 1. The summed E-state index contributed by atoms with van der Waals surface area (Å²) in [4.78, 5) is 4.36. The molecule has 4 heteroatoms. The Labute approximate surface area is 97.0 Å². The lowest BCUT2D eigenvalue weighted by Crippen LogP contribution is -2.15. The van der Waals surface area contributed by atoms with Gasteiger partial charge in [0.25, 0.3) is 0 Å². The third kappa shape index (κ3) is 2.62. The molecule has 0 bridgehead atoms. The zero-order valence-electron chi connectivity index (χ0n) is 10.2. The minimum absolute atomic E-state index is 0.462. The topological polar surface area (TPSA) is 39.1 Å². The maximum Gasteiger partial charge on any atom is 0.105 e. The Bertz CT molecular complexity index is 329. The Morgan fingerprint density at radius 2 is 2.50 bits per heavy atom. The first-order valence-electron chi connectivity index (χ1n) is 6.08. The molecule has 4 nitrogen and oxygen atoms in total. The van der Waals surface area contributed by atoms with Gasteiger partial charge in [0.15, 0.2) is 0 Å². The zero-order chi connectivity index (χ0) is 11.4. The first-order valence-corrected chi connectivity index (χ1v) is 6.08. The van der Waals surface area contributed by atoms with Gasteiger partial charge in [0.1, 0.15) is 5.82 Å². The number of hydrogen-bond acceptors (Lipinski definition) is 3. The molecule has 1 aromatic heterocycles. The number of aromatic nitrogens is 2. The second kappa shape index (κ2) is 5.46. The number of hydrogen-bond donors (Lipinski definition) is 1. The third-order valence-electron chi connectivity index (χ3n) is 3.19. The zero-order valence-corrected chi connectivity index (χ0v) is 10.2. The highest BCUT2D eigenvalue weighted by Crippen LogP contribution is 2.17. The highest BCUT2D eigenvalue weighted by Gasteiger charge is 2.16. The van der Waals surface area contributed by atoms with Crippen LogP contribution in [0.5, 0.6) is 0 Å². The summed E-state index contributed by atoms with van der Waals surface area (Å²) < 4.78 is 7.93. The molecule has 0 aliphatic carbocycles. The Balaban J connectivity index is 1.93. The molecule has 16 heavy (non-hydrogen) atoms. The molecule has 0 radical (unpaired) electrons. The van der Waals surface area contributed by atoms with E-state index < -0.39 is 0 Å². The van der Waals surface area contributed by atoms with Crippen molar-refractivity contribution in [2.24, 2.45) is 0 Å². The molecular formula is C12H21N3O. The minimum atomic E-state index is 0.462. The molecule has 2 heterocycles. The normalized spacial score (nSPS) is 20.5. The predicted molar refractivity (Wildman–Crippen MR) is 63.3 cm³/mol. The van der Waals surface area contributed by atoms with Crippen LogP contribution in [0.3, 0.4) is 0 Å². The molecular weight excluding hydrogens is 202 g/mol. The van der Waals surface area contributed by atoms with E-state index in [1.807, 2.05) is 13.2 Å². The van der Waals surface area contributed by atoms with E-state index in [-0.39, 0.29) is 0 Å². The van der Waals surface area contributed by atoms with Gasteiger partial charge in [-0.15, -0.1) is 0 Å². The maximum absolute atomic E-state index is 5.64. The van der Waals surface area contributed by atoms with Crippen LogP contribution < -0.4 is 5.32 Å². The fourth-order valence-corrected chi connectivity index (χ4v) is 2.29. The highest BCUT2D eigenvalue weighted by molar-refractivity contribution is 5.04. The maximum atomic E-state index is 5.64. The van der Waals surface area contributed by atoms with E-state index in [4.69, 9.17) is 4.74 Å². The second-order valence-electron chi connectivity index (χ2n) is 4.40. The molecule has 0 saturated carbocycles. The van der Waals surface area contributed by atoms with Crippen molar-refractivity contribution in [2.75, 3.05) is 13.7 Å². The second-order valence-corrected chi connectivity index (χ2v) is 4.40. The van der Waals surface area contributed by atoms with Gasteiger partial charge in [-0.1, -0.05) is 0 Å². The van der Waals surface area contributed by atoms with Crippen LogP contribution in [0.4, 0.5) is 0 Å². The summed E-state index contributed by atoms with van der Waals surface area (Å²) in [6, 6.07) is 0. The van der Waals surface area contributed by atoms with Crippen molar-refractivity contribution in [3.05, 3.63) is 17.7 Å². The first kappa shape index (κ1) is 11.6. The van der Waals surface area contributed by atoms with Crippen LogP contribution in [0.15, 0.2) is 6.20 Å². The van der Waals surface area contributed by atoms with E-state index in [9.17, 15) is 0 Å². The third-order valence-corrected chi connectivity index (χ3v) is 3.19. The van der Waals surface area contributed by atoms with Gasteiger partial charge >= 0.3 is 0 Å². The van der Waals surface area contributed by atoms with Crippen LogP contribution >= 0.6 is 0 Å². The highest BCUT2D eigenvalue weighted by atomic mass is 16.5. The summed E-state index contributed by atoms with van der Waals surface area (Å²) in [6.07, 6.45) is 5.96. The van der Waals surface area contributed by atoms with Gasteiger partial charge in [0, 0.05) is 25.9 Å². The molecule has 1 aliphatic heterocycles. The first-order chi connectivity index (χ1) is 7.81. The molecule has 0 amide bonds. The summed E-state index contributed by atoms with van der Waals surface area (Å²) in [5, 5.41) is 3.17. The van der Waals surface area contributed by atoms with Crippen LogP contribution in [0, 0.1) is 6.92 Å². The van der Waals surface area contributed by atoms with Gasteiger partial charge in [0.05, 0.1) is 11.8 Å². The van der Waals surface area contributed by atoms with Crippen molar-refractivity contribution in [3.8, 4) is 0 Å². The number of aryl methyl sites for hydroxylation is 1. The Morgan fingerprint density at radius 3 is 3.19 bits per heavy atom. The van der Waals surface area contributed by atoms with E-state index >= 15 is 0 Å². The Morgan fingerprint density at radius 1 is 1.62 bits per heavy atom. The van der Waals surface area contributed by atoms with E-state index in [1.165, 1.54) is 18.5 Å². The largest absolute Gasteiger partial charge is 0.378 e. The average Bonchev–Trinajstić information content (AvgIpc) is 2.88. The van der Waals surface area contributed by atoms with Crippen molar-refractivity contribution in [1.29, 1.82) is 0 Å². The lowest BCUT2D eigenvalue weighted by molar-refractivity contribution is 0.1000. The standard InChI is InChI=1S/C12H21N3O/c1-10-14-9-11(8-13-2)15(10)6-5-12-4-3-7-16-12/h9,12-13H,3-8H2,1-2H3. The van der Waals surface area contributed by atoms with Gasteiger partial charge in [-0.2, -0.15) is 0 Å². The van der Waals surface area contributed by atoms with Crippen molar-refractivity contribution in [1.82, 2.24) is 14.9 Å². The summed E-state index contributed by atoms with van der Waals surface area (Å²) in [6.45, 7) is 4.91. The van der Waals surface area contributed by atoms with E-state index in [0.29, 0.717) is 6.10 Å². The molecule has 0 aromatic carbocycles. The summed E-state index contributed by atoms with van der Waals surface area (Å²) >= 11 is 0. The molecule has 1 N–H and O–H groups in total. The molecule has 1 atom stereocenters. The fraction of sp³-hybridized carbons (Fsp3) is 0.750. The summed E-state index contributed by atoms with van der Waals surface area (Å²) in [5.41, 5.74) is 1.26. The van der Waals surface area contributed by atoms with Crippen LogP contribution in [0.1, 0.15) is 30.8 Å². The quantitative estimate of drug-likeness (QED) is 0.822. The number of ether oxygens (including phenoxy) is 1. The van der Waals surface area contributed by atoms with E-state index in [0.717, 1.165) is 31.9 Å². The monoisotopic (exact) mass is 223 g/mol. The van der Waals surface area contributed by atoms with E-state index in [1.54, 1.807) is 0 Å². The number of rotatable bonds is 5. The predicted octanol–water partition coefficient (Wildman–Crippen LogP) is 1.48. The molecule has 1 saturated heterocycles. The smallest absolute Gasteiger partial charge is 0.105 e. The van der Waals surface area contributed by atoms with Crippen LogP contribution in [-0.2, 0) is 17.8 Å². The van der Waals surface area contributed by atoms with Crippen molar-refractivity contribution >= 4 is 0 Å². The number of nitrogens with zero attached hydrogens (tertiary/aromatic N) is 2. The van der Waals surface area contributed by atoms with Gasteiger partial charge in [-0.3, -0.25) is 0 Å². The van der Waals surface area contributed by atoms with Gasteiger partial charge in [-0.05, 0) is 33.2 Å². The molecule has 90 valence electrons. The Kier molecular flexibility index (Phi) is 3.96. The molecule has 1 fully saturated rings. The van der Waals surface area contributed by atoms with Crippen LogP contribution in [-0.4, -0.2) is 29.3 Å². The Hall–Kier alpha value is -0.870. The molecule has 2 rings (SSSR count). The fourth-order valence-electron chi connectivity index (χ4n) is 2.29. The van der Waals surface area contributed by atoms with Crippen LogP contribution in [0.2, 0.25) is 0 Å². The van der Waals surface area contributed by atoms with Crippen LogP contribution in [0.25, 0.3) is 0 Å². The summed E-state index contributed by atoms with van der Waals surface area (Å²) in [7, 11) is 1.97. The lowest BCUT2D eigenvalue weighted by atomic mass is 10.2. The van der Waals surface area contributed by atoms with Crippen molar-refractivity contribution in [3.63, 3.8) is 0 Å².